The van der Waals surface area contributed by atoms with E-state index in [2.05, 4.69) is 19.8 Å². The zero-order chi connectivity index (χ0) is 18.9. The summed E-state index contributed by atoms with van der Waals surface area (Å²) in [4.78, 5) is 7.50. The first-order valence-electron chi connectivity index (χ1n) is 8.39. The van der Waals surface area contributed by atoms with Crippen molar-refractivity contribution >= 4 is 10.0 Å². The molecule has 7 nitrogen and oxygen atoms in total. The third-order valence-electron chi connectivity index (χ3n) is 4.13. The lowest BCUT2D eigenvalue weighted by Gasteiger charge is -2.08. The number of sulfonamides is 1. The van der Waals surface area contributed by atoms with Crippen LogP contribution in [0.3, 0.4) is 0 Å². The summed E-state index contributed by atoms with van der Waals surface area (Å²) in [5, 5.41) is 3.87. The van der Waals surface area contributed by atoms with Crippen molar-refractivity contribution in [3.63, 3.8) is 0 Å². The van der Waals surface area contributed by atoms with Crippen LogP contribution < -0.4 is 4.72 Å². The van der Waals surface area contributed by atoms with Crippen molar-refractivity contribution in [3.8, 4) is 11.5 Å². The van der Waals surface area contributed by atoms with Crippen LogP contribution in [0.2, 0.25) is 0 Å². The molecule has 2 N–H and O–H groups in total. The van der Waals surface area contributed by atoms with Crippen molar-refractivity contribution in [2.75, 3.05) is 0 Å². The van der Waals surface area contributed by atoms with Crippen LogP contribution in [0.4, 0.5) is 0 Å². The fourth-order valence-corrected chi connectivity index (χ4v) is 4.39. The maximum Gasteiger partial charge on any atom is 0.261 e. The summed E-state index contributed by atoms with van der Waals surface area (Å²) in [5.41, 5.74) is 3.60. The summed E-state index contributed by atoms with van der Waals surface area (Å²) < 4.78 is 33.9. The standard InChI is InChI=1S/C18H22N4O3S/c1-5-15-21-18(25-22-15)16-12(3)20-13(4)17(16)26(23,24)19-10-14-8-6-7-11(2)9-14/h6-9,19-20H,5,10H2,1-4H3. The Kier molecular flexibility index (Phi) is 4.97. The molecule has 0 radical (unpaired) electrons. The largest absolute Gasteiger partial charge is 0.361 e. The Morgan fingerprint density at radius 3 is 2.62 bits per heavy atom. The molecule has 0 unspecified atom stereocenters. The second kappa shape index (κ2) is 7.05. The third-order valence-corrected chi connectivity index (χ3v) is 5.71. The number of nitrogens with one attached hydrogen (secondary N) is 2. The molecule has 0 bridgehead atoms. The van der Waals surface area contributed by atoms with E-state index >= 15 is 0 Å². The average molecular weight is 374 g/mol. The molecular formula is C18H22N4O3S. The first-order valence-corrected chi connectivity index (χ1v) is 9.87. The molecule has 0 saturated carbocycles. The van der Waals surface area contributed by atoms with Crippen molar-refractivity contribution in [2.24, 2.45) is 0 Å². The molecule has 0 aliphatic carbocycles. The summed E-state index contributed by atoms with van der Waals surface area (Å²) in [6.45, 7) is 7.59. The summed E-state index contributed by atoms with van der Waals surface area (Å²) in [6.07, 6.45) is 0.611. The second-order valence-corrected chi connectivity index (χ2v) is 7.97. The summed E-state index contributed by atoms with van der Waals surface area (Å²) in [7, 11) is -3.77. The van der Waals surface area contributed by atoms with E-state index in [9.17, 15) is 8.42 Å². The number of aromatic nitrogens is 3. The molecule has 0 aliphatic rings. The molecule has 1 aromatic carbocycles. The monoisotopic (exact) mass is 374 g/mol. The molecule has 138 valence electrons. The molecule has 0 aliphatic heterocycles. The Morgan fingerprint density at radius 2 is 1.96 bits per heavy atom. The zero-order valence-corrected chi connectivity index (χ0v) is 16.1. The van der Waals surface area contributed by atoms with E-state index < -0.39 is 10.0 Å². The van der Waals surface area contributed by atoms with Crippen LogP contribution in [0, 0.1) is 20.8 Å². The van der Waals surface area contributed by atoms with Crippen LogP contribution in [0.15, 0.2) is 33.7 Å². The minimum atomic E-state index is -3.77. The highest BCUT2D eigenvalue weighted by Gasteiger charge is 2.28. The highest BCUT2D eigenvalue weighted by Crippen LogP contribution is 2.32. The van der Waals surface area contributed by atoms with Gasteiger partial charge < -0.3 is 9.51 Å². The van der Waals surface area contributed by atoms with Gasteiger partial charge in [-0.3, -0.25) is 0 Å². The Morgan fingerprint density at radius 1 is 1.19 bits per heavy atom. The van der Waals surface area contributed by atoms with Crippen molar-refractivity contribution in [2.45, 2.75) is 45.6 Å². The van der Waals surface area contributed by atoms with Gasteiger partial charge in [0.1, 0.15) is 4.90 Å². The van der Waals surface area contributed by atoms with Gasteiger partial charge in [-0.15, -0.1) is 0 Å². The van der Waals surface area contributed by atoms with Crippen LogP contribution in [-0.4, -0.2) is 23.5 Å². The number of rotatable bonds is 6. The maximum absolute atomic E-state index is 13.0. The number of nitrogens with zero attached hydrogens (tertiary/aromatic N) is 2. The fourth-order valence-electron chi connectivity index (χ4n) is 2.92. The molecule has 3 rings (SSSR count). The van der Waals surface area contributed by atoms with Crippen LogP contribution in [0.1, 0.15) is 35.3 Å². The summed E-state index contributed by atoms with van der Waals surface area (Å²) in [5.74, 6) is 0.744. The minimum absolute atomic E-state index is 0.147. The molecule has 8 heteroatoms. The van der Waals surface area contributed by atoms with E-state index in [1.54, 1.807) is 13.8 Å². The molecule has 0 amide bonds. The van der Waals surface area contributed by atoms with Crippen molar-refractivity contribution in [1.29, 1.82) is 0 Å². The van der Waals surface area contributed by atoms with Crippen molar-refractivity contribution in [1.82, 2.24) is 19.8 Å². The summed E-state index contributed by atoms with van der Waals surface area (Å²) in [6, 6.07) is 7.71. The Bertz CT molecular complexity index is 1030. The predicted molar refractivity (Wildman–Crippen MR) is 98.1 cm³/mol. The van der Waals surface area contributed by atoms with Gasteiger partial charge in [-0.2, -0.15) is 4.98 Å². The van der Waals surface area contributed by atoms with E-state index in [-0.39, 0.29) is 17.3 Å². The third kappa shape index (κ3) is 3.56. The normalized spacial score (nSPS) is 11.8. The van der Waals surface area contributed by atoms with Gasteiger partial charge in [0.05, 0.1) is 5.56 Å². The molecule has 3 aromatic rings. The van der Waals surface area contributed by atoms with Crippen LogP contribution in [0.5, 0.6) is 0 Å². The average Bonchev–Trinajstić information content (AvgIpc) is 3.17. The minimum Gasteiger partial charge on any atom is -0.361 e. The SMILES string of the molecule is CCc1noc(-c2c(C)[nH]c(C)c2S(=O)(=O)NCc2cccc(C)c2)n1. The first-order chi connectivity index (χ1) is 12.3. The van der Waals surface area contributed by atoms with E-state index in [0.717, 1.165) is 11.1 Å². The topological polar surface area (TPSA) is 101 Å². The number of benzene rings is 1. The maximum atomic E-state index is 13.0. The molecular weight excluding hydrogens is 352 g/mol. The lowest BCUT2D eigenvalue weighted by atomic mass is 10.1. The van der Waals surface area contributed by atoms with Crippen molar-refractivity contribution < 1.29 is 12.9 Å². The van der Waals surface area contributed by atoms with Crippen LogP contribution in [0.25, 0.3) is 11.5 Å². The molecule has 0 spiro atoms. The van der Waals surface area contributed by atoms with Gasteiger partial charge in [-0.25, -0.2) is 13.1 Å². The fraction of sp³-hybridized carbons (Fsp3) is 0.333. The van der Waals surface area contributed by atoms with Gasteiger partial charge in [-0.05, 0) is 26.3 Å². The van der Waals surface area contributed by atoms with Crippen LogP contribution >= 0.6 is 0 Å². The molecule has 0 saturated heterocycles. The van der Waals surface area contributed by atoms with Gasteiger partial charge >= 0.3 is 0 Å². The highest BCUT2D eigenvalue weighted by molar-refractivity contribution is 7.89. The lowest BCUT2D eigenvalue weighted by Crippen LogP contribution is -2.24. The predicted octanol–water partition coefficient (Wildman–Crippen LogP) is 3.03. The second-order valence-electron chi connectivity index (χ2n) is 6.26. The molecule has 26 heavy (non-hydrogen) atoms. The Hall–Kier alpha value is -2.45. The van der Waals surface area contributed by atoms with Gasteiger partial charge in [0.15, 0.2) is 5.82 Å². The van der Waals surface area contributed by atoms with Gasteiger partial charge in [0.25, 0.3) is 5.89 Å². The Labute approximate surface area is 152 Å². The molecule has 2 heterocycles. The molecule has 0 fully saturated rings. The first kappa shape index (κ1) is 18.3. The number of hydrogen-bond acceptors (Lipinski definition) is 5. The van der Waals surface area contributed by atoms with Crippen LogP contribution in [-0.2, 0) is 23.0 Å². The Balaban J connectivity index is 1.97. The number of H-pyrrole nitrogens is 1. The van der Waals surface area contributed by atoms with E-state index in [0.29, 0.717) is 29.2 Å². The van der Waals surface area contributed by atoms with Crippen molar-refractivity contribution in [3.05, 3.63) is 52.6 Å². The van der Waals surface area contributed by atoms with Gasteiger partial charge in [-0.1, -0.05) is 41.9 Å². The number of aromatic amines is 1. The van der Waals surface area contributed by atoms with Gasteiger partial charge in [0.2, 0.25) is 10.0 Å². The summed E-state index contributed by atoms with van der Waals surface area (Å²) >= 11 is 0. The highest BCUT2D eigenvalue weighted by atomic mass is 32.2. The number of hydrogen-bond donors (Lipinski definition) is 2. The van der Waals surface area contributed by atoms with Gasteiger partial charge in [0, 0.05) is 24.4 Å². The zero-order valence-electron chi connectivity index (χ0n) is 15.3. The van der Waals surface area contributed by atoms with E-state index in [1.165, 1.54) is 0 Å². The molecule has 0 atom stereocenters. The van der Waals surface area contributed by atoms with E-state index in [1.807, 2.05) is 38.1 Å². The lowest BCUT2D eigenvalue weighted by molar-refractivity contribution is 0.422. The quantitative estimate of drug-likeness (QED) is 0.691. The van der Waals surface area contributed by atoms with E-state index in [4.69, 9.17) is 4.52 Å². The molecule has 2 aromatic heterocycles. The smallest absolute Gasteiger partial charge is 0.261 e. The number of aryl methyl sites for hydroxylation is 4.